The van der Waals surface area contributed by atoms with Gasteiger partial charge < -0.3 is 15.3 Å². The topological polar surface area (TPSA) is 70.4 Å². The van der Waals surface area contributed by atoms with Gasteiger partial charge in [0.25, 0.3) is 0 Å². The van der Waals surface area contributed by atoms with Crippen molar-refractivity contribution in [3.63, 3.8) is 0 Å². The SMILES string of the molecule is Cc1nn(C)cc1NC(=O)N1CCC[C@H]1C[C@H](O)c1cccs1. The zero-order valence-corrected chi connectivity index (χ0v) is 14.2. The second-order valence-corrected chi connectivity index (χ2v) is 6.97. The first kappa shape index (κ1) is 16.0. The zero-order chi connectivity index (χ0) is 16.4. The van der Waals surface area contributed by atoms with Crippen molar-refractivity contribution in [2.45, 2.75) is 38.3 Å². The van der Waals surface area contributed by atoms with Crippen LogP contribution in [0.4, 0.5) is 10.5 Å². The first-order valence-corrected chi connectivity index (χ1v) is 8.72. The van der Waals surface area contributed by atoms with Crippen LogP contribution in [0.1, 0.15) is 35.9 Å². The number of carbonyl (C=O) groups is 1. The molecule has 2 N–H and O–H groups in total. The van der Waals surface area contributed by atoms with Gasteiger partial charge in [-0.25, -0.2) is 4.79 Å². The molecule has 2 aromatic heterocycles. The number of hydrogen-bond donors (Lipinski definition) is 2. The van der Waals surface area contributed by atoms with E-state index in [1.54, 1.807) is 22.2 Å². The standard InChI is InChI=1S/C16H22N4O2S/c1-11-13(10-19(2)18-11)17-16(22)20-7-3-5-12(20)9-14(21)15-6-4-8-23-15/h4,6,8,10,12,14,21H,3,5,7,9H2,1-2H3,(H,17,22)/t12-,14-/m0/s1. The van der Waals surface area contributed by atoms with Crippen LogP contribution in [-0.4, -0.2) is 38.4 Å². The Labute approximate surface area is 139 Å². The zero-order valence-electron chi connectivity index (χ0n) is 13.4. The molecular formula is C16H22N4O2S. The minimum Gasteiger partial charge on any atom is -0.387 e. The first-order chi connectivity index (χ1) is 11.0. The van der Waals surface area contributed by atoms with Crippen molar-refractivity contribution < 1.29 is 9.90 Å². The van der Waals surface area contributed by atoms with E-state index >= 15 is 0 Å². The number of rotatable bonds is 4. The first-order valence-electron chi connectivity index (χ1n) is 7.84. The van der Waals surface area contributed by atoms with Gasteiger partial charge >= 0.3 is 6.03 Å². The maximum atomic E-state index is 12.6. The number of likely N-dealkylation sites (tertiary alicyclic amines) is 1. The predicted molar refractivity (Wildman–Crippen MR) is 90.6 cm³/mol. The van der Waals surface area contributed by atoms with Crippen molar-refractivity contribution in [2.24, 2.45) is 7.05 Å². The van der Waals surface area contributed by atoms with Crippen LogP contribution < -0.4 is 5.32 Å². The summed E-state index contributed by atoms with van der Waals surface area (Å²) in [7, 11) is 1.83. The fraction of sp³-hybridized carbons (Fsp3) is 0.500. The van der Waals surface area contributed by atoms with Crippen LogP contribution in [-0.2, 0) is 7.05 Å². The lowest BCUT2D eigenvalue weighted by molar-refractivity contribution is 0.132. The Hall–Kier alpha value is -1.86. The van der Waals surface area contributed by atoms with Gasteiger partial charge in [-0.3, -0.25) is 4.68 Å². The van der Waals surface area contributed by atoms with Gasteiger partial charge in [0.1, 0.15) is 0 Å². The van der Waals surface area contributed by atoms with Crippen molar-refractivity contribution in [2.75, 3.05) is 11.9 Å². The van der Waals surface area contributed by atoms with E-state index in [0.29, 0.717) is 6.42 Å². The minimum atomic E-state index is -0.506. The highest BCUT2D eigenvalue weighted by Gasteiger charge is 2.31. The van der Waals surface area contributed by atoms with E-state index in [0.717, 1.165) is 35.6 Å². The van der Waals surface area contributed by atoms with E-state index in [1.165, 1.54) is 0 Å². The number of aliphatic hydroxyl groups is 1. The molecule has 1 fully saturated rings. The highest BCUT2D eigenvalue weighted by molar-refractivity contribution is 7.10. The Morgan fingerprint density at radius 2 is 2.43 bits per heavy atom. The molecule has 23 heavy (non-hydrogen) atoms. The molecule has 2 atom stereocenters. The molecule has 1 aliphatic rings. The number of anilines is 1. The van der Waals surface area contributed by atoms with E-state index in [2.05, 4.69) is 10.4 Å². The number of hydrogen-bond acceptors (Lipinski definition) is 4. The average Bonchev–Trinajstić information content (AvgIpc) is 3.21. The molecule has 0 bridgehead atoms. The molecule has 0 saturated carbocycles. The van der Waals surface area contributed by atoms with E-state index in [9.17, 15) is 9.90 Å². The van der Waals surface area contributed by atoms with Crippen molar-refractivity contribution in [1.82, 2.24) is 14.7 Å². The summed E-state index contributed by atoms with van der Waals surface area (Å²) in [4.78, 5) is 15.3. The molecule has 0 aromatic carbocycles. The fourth-order valence-corrected chi connectivity index (χ4v) is 3.84. The van der Waals surface area contributed by atoms with Crippen LogP contribution in [0.25, 0.3) is 0 Å². The van der Waals surface area contributed by atoms with Gasteiger partial charge in [-0.15, -0.1) is 11.3 Å². The van der Waals surface area contributed by atoms with Gasteiger partial charge in [0, 0.05) is 30.7 Å². The molecule has 3 heterocycles. The third-order valence-electron chi connectivity index (χ3n) is 4.26. The number of aryl methyl sites for hydroxylation is 2. The Balaban J connectivity index is 1.64. The molecule has 2 amide bonds. The van der Waals surface area contributed by atoms with Gasteiger partial charge in [0.2, 0.25) is 0 Å². The molecule has 1 saturated heterocycles. The van der Waals surface area contributed by atoms with Crippen molar-refractivity contribution in [1.29, 1.82) is 0 Å². The normalized spacial score (nSPS) is 19.1. The van der Waals surface area contributed by atoms with Crippen molar-refractivity contribution in [3.05, 3.63) is 34.3 Å². The number of urea groups is 1. The summed E-state index contributed by atoms with van der Waals surface area (Å²) in [6.07, 6.45) is 3.79. The lowest BCUT2D eigenvalue weighted by atomic mass is 10.1. The Morgan fingerprint density at radius 1 is 1.61 bits per heavy atom. The molecule has 0 spiro atoms. The molecule has 1 aliphatic heterocycles. The van der Waals surface area contributed by atoms with Crippen LogP contribution in [0.3, 0.4) is 0 Å². The molecular weight excluding hydrogens is 312 g/mol. The maximum Gasteiger partial charge on any atom is 0.322 e. The van der Waals surface area contributed by atoms with Gasteiger partial charge in [-0.2, -0.15) is 5.10 Å². The van der Waals surface area contributed by atoms with Gasteiger partial charge in [-0.1, -0.05) is 6.07 Å². The predicted octanol–water partition coefficient (Wildman–Crippen LogP) is 2.91. The largest absolute Gasteiger partial charge is 0.387 e. The summed E-state index contributed by atoms with van der Waals surface area (Å²) < 4.78 is 1.69. The molecule has 0 unspecified atom stereocenters. The summed E-state index contributed by atoms with van der Waals surface area (Å²) in [6.45, 7) is 2.60. The summed E-state index contributed by atoms with van der Waals surface area (Å²) in [6, 6.07) is 3.84. The molecule has 0 radical (unpaired) electrons. The molecule has 3 rings (SSSR count). The minimum absolute atomic E-state index is 0.0732. The third kappa shape index (κ3) is 3.56. The number of thiophene rings is 1. The smallest absolute Gasteiger partial charge is 0.322 e. The van der Waals surface area contributed by atoms with Crippen LogP contribution >= 0.6 is 11.3 Å². The fourth-order valence-electron chi connectivity index (χ4n) is 3.11. The molecule has 7 heteroatoms. The summed E-state index contributed by atoms with van der Waals surface area (Å²) in [5, 5.41) is 19.5. The van der Waals surface area contributed by atoms with Gasteiger partial charge in [0.15, 0.2) is 0 Å². The van der Waals surface area contributed by atoms with E-state index in [4.69, 9.17) is 0 Å². The molecule has 124 valence electrons. The van der Waals surface area contributed by atoms with Crippen molar-refractivity contribution >= 4 is 23.1 Å². The number of carbonyl (C=O) groups excluding carboxylic acids is 1. The maximum absolute atomic E-state index is 12.6. The second-order valence-electron chi connectivity index (χ2n) is 5.99. The highest BCUT2D eigenvalue weighted by Crippen LogP contribution is 2.30. The summed E-state index contributed by atoms with van der Waals surface area (Å²) in [5.74, 6) is 0. The van der Waals surface area contributed by atoms with Crippen LogP contribution in [0, 0.1) is 6.92 Å². The van der Waals surface area contributed by atoms with Gasteiger partial charge in [-0.05, 0) is 37.6 Å². The number of aliphatic hydroxyl groups excluding tert-OH is 1. The molecule has 0 aliphatic carbocycles. The van der Waals surface area contributed by atoms with E-state index in [-0.39, 0.29) is 12.1 Å². The van der Waals surface area contributed by atoms with Crippen LogP contribution in [0.5, 0.6) is 0 Å². The van der Waals surface area contributed by atoms with E-state index in [1.807, 2.05) is 36.4 Å². The van der Waals surface area contributed by atoms with Crippen LogP contribution in [0.2, 0.25) is 0 Å². The Morgan fingerprint density at radius 3 is 3.09 bits per heavy atom. The Bertz CT molecular complexity index is 668. The lowest BCUT2D eigenvalue weighted by Gasteiger charge is -2.26. The van der Waals surface area contributed by atoms with Gasteiger partial charge in [0.05, 0.1) is 17.5 Å². The van der Waals surface area contributed by atoms with E-state index < -0.39 is 6.10 Å². The molecule has 2 aromatic rings. The number of amides is 2. The highest BCUT2D eigenvalue weighted by atomic mass is 32.1. The third-order valence-corrected chi connectivity index (χ3v) is 5.23. The van der Waals surface area contributed by atoms with Crippen molar-refractivity contribution in [3.8, 4) is 0 Å². The quantitative estimate of drug-likeness (QED) is 0.903. The van der Waals surface area contributed by atoms with Crippen LogP contribution in [0.15, 0.2) is 23.7 Å². The summed E-state index contributed by atoms with van der Waals surface area (Å²) >= 11 is 1.55. The number of nitrogens with one attached hydrogen (secondary N) is 1. The number of aromatic nitrogens is 2. The monoisotopic (exact) mass is 334 g/mol. The lowest BCUT2D eigenvalue weighted by Crippen LogP contribution is -2.39. The average molecular weight is 334 g/mol. The molecule has 6 nitrogen and oxygen atoms in total. The Kier molecular flexibility index (Phi) is 4.68. The number of nitrogens with zero attached hydrogens (tertiary/aromatic N) is 3. The summed E-state index contributed by atoms with van der Waals surface area (Å²) in [5.41, 5.74) is 1.54. The second kappa shape index (κ2) is 6.72.